The molecule has 2 aromatic rings. The van der Waals surface area contributed by atoms with E-state index >= 15 is 0 Å². The topological polar surface area (TPSA) is 81.2 Å². The van der Waals surface area contributed by atoms with Crippen LogP contribution in [-0.4, -0.2) is 10.9 Å². The molecular formula is C12H13N3O2. The predicted molar refractivity (Wildman–Crippen MR) is 64.7 cm³/mol. The van der Waals surface area contributed by atoms with Gasteiger partial charge >= 0.3 is 0 Å². The highest BCUT2D eigenvalue weighted by Crippen LogP contribution is 2.12. The molecule has 0 fully saturated rings. The van der Waals surface area contributed by atoms with Crippen LogP contribution in [0.5, 0.6) is 0 Å². The van der Waals surface area contributed by atoms with Crippen LogP contribution in [0.3, 0.4) is 0 Å². The van der Waals surface area contributed by atoms with Crippen molar-refractivity contribution in [2.24, 2.45) is 0 Å². The lowest BCUT2D eigenvalue weighted by Gasteiger charge is -2.03. The molecule has 17 heavy (non-hydrogen) atoms. The summed E-state index contributed by atoms with van der Waals surface area (Å²) in [6, 6.07) is 7.61. The summed E-state index contributed by atoms with van der Waals surface area (Å²) in [5, 5.41) is 2.71. The van der Waals surface area contributed by atoms with Gasteiger partial charge in [-0.15, -0.1) is 0 Å². The first kappa shape index (κ1) is 11.2. The van der Waals surface area contributed by atoms with Crippen molar-refractivity contribution in [2.75, 3.05) is 11.1 Å². The molecule has 2 rings (SSSR count). The SMILES string of the molecule is CCc1ccc(NC(=O)c2coc(N)n2)cc1. The maximum atomic E-state index is 11.7. The molecule has 0 saturated heterocycles. The molecule has 1 aromatic heterocycles. The average Bonchev–Trinajstić information content (AvgIpc) is 2.77. The van der Waals surface area contributed by atoms with Gasteiger partial charge in [-0.25, -0.2) is 0 Å². The Hall–Kier alpha value is -2.30. The monoisotopic (exact) mass is 231 g/mol. The third-order valence-electron chi connectivity index (χ3n) is 2.37. The number of nitrogen functional groups attached to an aromatic ring is 1. The highest BCUT2D eigenvalue weighted by Gasteiger charge is 2.10. The summed E-state index contributed by atoms with van der Waals surface area (Å²) >= 11 is 0. The third-order valence-corrected chi connectivity index (χ3v) is 2.37. The number of amides is 1. The molecule has 5 nitrogen and oxygen atoms in total. The number of hydrogen-bond donors (Lipinski definition) is 2. The van der Waals surface area contributed by atoms with Crippen molar-refractivity contribution in [1.82, 2.24) is 4.98 Å². The number of nitrogens with two attached hydrogens (primary N) is 1. The van der Waals surface area contributed by atoms with Crippen molar-refractivity contribution in [3.05, 3.63) is 41.8 Å². The molecule has 0 aliphatic carbocycles. The van der Waals surface area contributed by atoms with E-state index in [0.717, 1.165) is 6.42 Å². The molecule has 0 bridgehead atoms. The van der Waals surface area contributed by atoms with Crippen LogP contribution in [0.1, 0.15) is 23.0 Å². The first-order valence-corrected chi connectivity index (χ1v) is 5.30. The van der Waals surface area contributed by atoms with E-state index in [-0.39, 0.29) is 17.6 Å². The lowest BCUT2D eigenvalue weighted by Crippen LogP contribution is -2.12. The maximum absolute atomic E-state index is 11.7. The minimum Gasteiger partial charge on any atom is -0.431 e. The van der Waals surface area contributed by atoms with Crippen molar-refractivity contribution < 1.29 is 9.21 Å². The number of aromatic nitrogens is 1. The van der Waals surface area contributed by atoms with E-state index in [2.05, 4.69) is 17.2 Å². The Kier molecular flexibility index (Phi) is 3.09. The Morgan fingerprint density at radius 1 is 1.41 bits per heavy atom. The van der Waals surface area contributed by atoms with Crippen LogP contribution in [0, 0.1) is 0 Å². The molecule has 1 heterocycles. The second-order valence-electron chi connectivity index (χ2n) is 3.58. The van der Waals surface area contributed by atoms with Crippen LogP contribution in [0.2, 0.25) is 0 Å². The molecule has 0 aliphatic heterocycles. The van der Waals surface area contributed by atoms with Gasteiger partial charge in [0.15, 0.2) is 5.69 Å². The fourth-order valence-corrected chi connectivity index (χ4v) is 1.41. The Labute approximate surface area is 98.6 Å². The predicted octanol–water partition coefficient (Wildman–Crippen LogP) is 2.07. The summed E-state index contributed by atoms with van der Waals surface area (Å²) in [7, 11) is 0. The number of nitrogens with zero attached hydrogens (tertiary/aromatic N) is 1. The minimum atomic E-state index is -0.338. The zero-order valence-electron chi connectivity index (χ0n) is 9.43. The quantitative estimate of drug-likeness (QED) is 0.847. The maximum Gasteiger partial charge on any atom is 0.292 e. The van der Waals surface area contributed by atoms with Gasteiger partial charge < -0.3 is 15.5 Å². The lowest BCUT2D eigenvalue weighted by atomic mass is 10.1. The molecule has 0 radical (unpaired) electrons. The average molecular weight is 231 g/mol. The van der Waals surface area contributed by atoms with Gasteiger partial charge in [0.25, 0.3) is 11.9 Å². The van der Waals surface area contributed by atoms with E-state index < -0.39 is 0 Å². The molecule has 0 spiro atoms. The standard InChI is InChI=1S/C12H13N3O2/c1-2-8-3-5-9(6-4-8)14-11(16)10-7-17-12(13)15-10/h3-7H,2H2,1H3,(H2,13,15)(H,14,16). The second kappa shape index (κ2) is 4.69. The Morgan fingerprint density at radius 3 is 2.65 bits per heavy atom. The number of anilines is 2. The molecule has 0 saturated carbocycles. The summed E-state index contributed by atoms with van der Waals surface area (Å²) in [6.07, 6.45) is 2.19. The van der Waals surface area contributed by atoms with Gasteiger partial charge in [0.05, 0.1) is 0 Å². The van der Waals surface area contributed by atoms with Gasteiger partial charge in [0.1, 0.15) is 6.26 Å². The van der Waals surface area contributed by atoms with E-state index in [1.54, 1.807) is 0 Å². The number of hydrogen-bond acceptors (Lipinski definition) is 4. The molecular weight excluding hydrogens is 218 g/mol. The van der Waals surface area contributed by atoms with Gasteiger partial charge in [-0.2, -0.15) is 4.98 Å². The van der Waals surface area contributed by atoms with E-state index in [0.29, 0.717) is 5.69 Å². The second-order valence-corrected chi connectivity index (χ2v) is 3.58. The number of benzene rings is 1. The normalized spacial score (nSPS) is 10.2. The van der Waals surface area contributed by atoms with Crippen molar-refractivity contribution in [1.29, 1.82) is 0 Å². The molecule has 0 atom stereocenters. The first-order chi connectivity index (χ1) is 8.19. The van der Waals surface area contributed by atoms with Gasteiger partial charge in [-0.1, -0.05) is 19.1 Å². The van der Waals surface area contributed by atoms with Crippen LogP contribution in [0.25, 0.3) is 0 Å². The number of carbonyl (C=O) groups excluding carboxylic acids is 1. The Bertz CT molecular complexity index is 517. The third kappa shape index (κ3) is 2.63. The fraction of sp³-hybridized carbons (Fsp3) is 0.167. The number of carbonyl (C=O) groups is 1. The van der Waals surface area contributed by atoms with Gasteiger partial charge in [0, 0.05) is 5.69 Å². The van der Waals surface area contributed by atoms with E-state index in [1.807, 2.05) is 24.3 Å². The summed E-state index contributed by atoms with van der Waals surface area (Å²) in [4.78, 5) is 15.4. The molecule has 3 N–H and O–H groups in total. The summed E-state index contributed by atoms with van der Waals surface area (Å²) in [5.74, 6) is -0.338. The van der Waals surface area contributed by atoms with Crippen LogP contribution in [0.15, 0.2) is 34.9 Å². The molecule has 0 unspecified atom stereocenters. The zero-order chi connectivity index (χ0) is 12.3. The summed E-state index contributed by atoms with van der Waals surface area (Å²) in [6.45, 7) is 2.08. The van der Waals surface area contributed by atoms with Gasteiger partial charge in [0.2, 0.25) is 0 Å². The Balaban J connectivity index is 2.07. The van der Waals surface area contributed by atoms with Crippen molar-refractivity contribution in [3.63, 3.8) is 0 Å². The fourth-order valence-electron chi connectivity index (χ4n) is 1.41. The number of aryl methyl sites for hydroxylation is 1. The largest absolute Gasteiger partial charge is 0.431 e. The lowest BCUT2D eigenvalue weighted by molar-refractivity contribution is 0.102. The minimum absolute atomic E-state index is 0.0171. The molecule has 5 heteroatoms. The molecule has 1 aromatic carbocycles. The Morgan fingerprint density at radius 2 is 2.12 bits per heavy atom. The molecule has 1 amide bonds. The van der Waals surface area contributed by atoms with E-state index in [1.165, 1.54) is 11.8 Å². The summed E-state index contributed by atoms with van der Waals surface area (Å²) < 4.78 is 4.77. The van der Waals surface area contributed by atoms with Crippen molar-refractivity contribution in [2.45, 2.75) is 13.3 Å². The molecule has 88 valence electrons. The van der Waals surface area contributed by atoms with Crippen molar-refractivity contribution in [3.8, 4) is 0 Å². The van der Waals surface area contributed by atoms with Gasteiger partial charge in [-0.05, 0) is 24.1 Å². The van der Waals surface area contributed by atoms with Crippen LogP contribution < -0.4 is 11.1 Å². The smallest absolute Gasteiger partial charge is 0.292 e. The first-order valence-electron chi connectivity index (χ1n) is 5.30. The van der Waals surface area contributed by atoms with Crippen molar-refractivity contribution >= 4 is 17.6 Å². The zero-order valence-corrected chi connectivity index (χ0v) is 9.43. The highest BCUT2D eigenvalue weighted by molar-refractivity contribution is 6.02. The van der Waals surface area contributed by atoms with E-state index in [4.69, 9.17) is 10.2 Å². The number of oxazole rings is 1. The van der Waals surface area contributed by atoms with Crippen LogP contribution in [-0.2, 0) is 6.42 Å². The highest BCUT2D eigenvalue weighted by atomic mass is 16.4. The van der Waals surface area contributed by atoms with E-state index in [9.17, 15) is 4.79 Å². The summed E-state index contributed by atoms with van der Waals surface area (Å²) in [5.41, 5.74) is 7.39. The van der Waals surface area contributed by atoms with Gasteiger partial charge in [-0.3, -0.25) is 4.79 Å². The number of rotatable bonds is 3. The van der Waals surface area contributed by atoms with Crippen LogP contribution in [0.4, 0.5) is 11.7 Å². The number of nitrogens with one attached hydrogen (secondary N) is 1. The van der Waals surface area contributed by atoms with Crippen LogP contribution >= 0.6 is 0 Å². The molecule has 0 aliphatic rings.